The van der Waals surface area contributed by atoms with E-state index >= 15 is 0 Å². The number of thioether (sulfide) groups is 1. The SMILES string of the molecule is Cc1ccccc1-n1c(SCC(=O)Nc2ccccc2Br)nc2ccccc2c1=O. The lowest BCUT2D eigenvalue weighted by Gasteiger charge is -2.15. The van der Waals surface area contributed by atoms with Gasteiger partial charge in [-0.2, -0.15) is 0 Å². The third-order valence-electron chi connectivity index (χ3n) is 4.58. The normalized spacial score (nSPS) is 10.9. The number of fused-ring (bicyclic) bond motifs is 1. The summed E-state index contributed by atoms with van der Waals surface area (Å²) >= 11 is 4.67. The van der Waals surface area contributed by atoms with E-state index in [1.807, 2.05) is 73.7 Å². The molecule has 0 fully saturated rings. The summed E-state index contributed by atoms with van der Waals surface area (Å²) in [6.07, 6.45) is 0. The van der Waals surface area contributed by atoms with E-state index in [4.69, 9.17) is 0 Å². The van der Waals surface area contributed by atoms with E-state index < -0.39 is 0 Å². The third kappa shape index (κ3) is 4.17. The number of anilines is 1. The minimum atomic E-state index is -0.175. The zero-order valence-electron chi connectivity index (χ0n) is 16.1. The van der Waals surface area contributed by atoms with E-state index in [0.29, 0.717) is 21.7 Å². The van der Waals surface area contributed by atoms with E-state index in [-0.39, 0.29) is 17.2 Å². The number of nitrogens with one attached hydrogen (secondary N) is 1. The smallest absolute Gasteiger partial charge is 0.266 e. The molecule has 0 aliphatic carbocycles. The van der Waals surface area contributed by atoms with Crippen LogP contribution >= 0.6 is 27.7 Å². The van der Waals surface area contributed by atoms with Crippen molar-refractivity contribution < 1.29 is 4.79 Å². The van der Waals surface area contributed by atoms with Crippen molar-refractivity contribution in [1.29, 1.82) is 0 Å². The Labute approximate surface area is 186 Å². The number of halogens is 1. The van der Waals surface area contributed by atoms with Crippen LogP contribution in [0.1, 0.15) is 5.56 Å². The van der Waals surface area contributed by atoms with E-state index in [2.05, 4.69) is 26.2 Å². The molecule has 7 heteroatoms. The van der Waals surface area contributed by atoms with Crippen LogP contribution in [0.2, 0.25) is 0 Å². The molecule has 0 unspecified atom stereocenters. The highest BCUT2D eigenvalue weighted by Crippen LogP contribution is 2.25. The number of rotatable bonds is 5. The molecule has 0 radical (unpaired) electrons. The molecule has 1 N–H and O–H groups in total. The summed E-state index contributed by atoms with van der Waals surface area (Å²) in [5, 5.41) is 3.91. The molecule has 0 aliphatic rings. The van der Waals surface area contributed by atoms with Crippen molar-refractivity contribution in [2.45, 2.75) is 12.1 Å². The standard InChI is InChI=1S/C23H18BrN3O2S/c1-15-8-2-7-13-20(15)27-22(29)16-9-3-5-11-18(16)26-23(27)30-14-21(28)25-19-12-6-4-10-17(19)24/h2-13H,14H2,1H3,(H,25,28). The molecule has 0 atom stereocenters. The predicted octanol–water partition coefficient (Wildman–Crippen LogP) is 5.19. The van der Waals surface area contributed by atoms with Gasteiger partial charge in [0.15, 0.2) is 5.16 Å². The molecule has 30 heavy (non-hydrogen) atoms. The van der Waals surface area contributed by atoms with Crippen molar-refractivity contribution in [3.63, 3.8) is 0 Å². The Balaban J connectivity index is 1.70. The molecular weight excluding hydrogens is 462 g/mol. The van der Waals surface area contributed by atoms with Gasteiger partial charge in [-0.05, 0) is 58.7 Å². The summed E-state index contributed by atoms with van der Waals surface area (Å²) < 4.78 is 2.40. The molecule has 1 aromatic heterocycles. The molecule has 4 rings (SSSR count). The summed E-state index contributed by atoms with van der Waals surface area (Å²) in [7, 11) is 0. The van der Waals surface area contributed by atoms with Gasteiger partial charge < -0.3 is 5.32 Å². The Morgan fingerprint density at radius 3 is 2.53 bits per heavy atom. The number of aromatic nitrogens is 2. The van der Waals surface area contributed by atoms with Gasteiger partial charge in [-0.3, -0.25) is 14.2 Å². The molecule has 0 saturated carbocycles. The van der Waals surface area contributed by atoms with Crippen LogP contribution in [-0.4, -0.2) is 21.2 Å². The first-order chi connectivity index (χ1) is 14.5. The predicted molar refractivity (Wildman–Crippen MR) is 126 cm³/mol. The number of hydrogen-bond acceptors (Lipinski definition) is 4. The maximum Gasteiger partial charge on any atom is 0.266 e. The lowest BCUT2D eigenvalue weighted by atomic mass is 10.2. The largest absolute Gasteiger partial charge is 0.324 e. The van der Waals surface area contributed by atoms with Crippen molar-refractivity contribution in [2.24, 2.45) is 0 Å². The molecule has 5 nitrogen and oxygen atoms in total. The molecule has 0 saturated heterocycles. The fourth-order valence-electron chi connectivity index (χ4n) is 3.11. The molecular formula is C23H18BrN3O2S. The fraction of sp³-hybridized carbons (Fsp3) is 0.0870. The second kappa shape index (κ2) is 8.85. The Bertz CT molecular complexity index is 1300. The molecule has 150 valence electrons. The number of para-hydroxylation sites is 3. The monoisotopic (exact) mass is 479 g/mol. The van der Waals surface area contributed by atoms with Crippen LogP contribution in [0.5, 0.6) is 0 Å². The topological polar surface area (TPSA) is 64.0 Å². The second-order valence-electron chi connectivity index (χ2n) is 6.66. The van der Waals surface area contributed by atoms with Gasteiger partial charge in [0.05, 0.1) is 28.0 Å². The quantitative estimate of drug-likeness (QED) is 0.316. The summed E-state index contributed by atoms with van der Waals surface area (Å²) in [4.78, 5) is 30.5. The van der Waals surface area contributed by atoms with Gasteiger partial charge >= 0.3 is 0 Å². The number of hydrogen-bond donors (Lipinski definition) is 1. The average Bonchev–Trinajstić information content (AvgIpc) is 2.75. The first-order valence-corrected chi connectivity index (χ1v) is 11.1. The third-order valence-corrected chi connectivity index (χ3v) is 6.21. The van der Waals surface area contributed by atoms with Crippen molar-refractivity contribution in [1.82, 2.24) is 9.55 Å². The Morgan fingerprint density at radius 2 is 1.73 bits per heavy atom. The molecule has 0 spiro atoms. The van der Waals surface area contributed by atoms with Crippen LogP contribution in [-0.2, 0) is 4.79 Å². The zero-order chi connectivity index (χ0) is 21.1. The van der Waals surface area contributed by atoms with Crippen molar-refractivity contribution in [3.05, 3.63) is 93.2 Å². The molecule has 1 amide bonds. The summed E-state index contributed by atoms with van der Waals surface area (Å²) in [6.45, 7) is 1.95. The molecule has 1 heterocycles. The van der Waals surface area contributed by atoms with Crippen LogP contribution in [0.15, 0.2) is 87.2 Å². The Kier molecular flexibility index (Phi) is 6.01. The van der Waals surface area contributed by atoms with Crippen LogP contribution < -0.4 is 10.9 Å². The Hall–Kier alpha value is -2.90. The molecule has 0 bridgehead atoms. The van der Waals surface area contributed by atoms with Gasteiger partial charge in [-0.1, -0.05) is 54.2 Å². The van der Waals surface area contributed by atoms with E-state index in [1.54, 1.807) is 10.6 Å². The van der Waals surface area contributed by atoms with Gasteiger partial charge in [-0.15, -0.1) is 0 Å². The lowest BCUT2D eigenvalue weighted by molar-refractivity contribution is -0.113. The van der Waals surface area contributed by atoms with Crippen molar-refractivity contribution in [3.8, 4) is 5.69 Å². The number of aryl methyl sites for hydroxylation is 1. The molecule has 3 aromatic carbocycles. The molecule has 0 aliphatic heterocycles. The first-order valence-electron chi connectivity index (χ1n) is 9.29. The highest BCUT2D eigenvalue weighted by atomic mass is 79.9. The summed E-state index contributed by atoms with van der Waals surface area (Å²) in [5.74, 6) is -0.0523. The van der Waals surface area contributed by atoms with E-state index in [9.17, 15) is 9.59 Å². The Morgan fingerprint density at radius 1 is 1.03 bits per heavy atom. The highest BCUT2D eigenvalue weighted by Gasteiger charge is 2.16. The minimum absolute atomic E-state index is 0.123. The van der Waals surface area contributed by atoms with Crippen LogP contribution in [0.25, 0.3) is 16.6 Å². The van der Waals surface area contributed by atoms with Crippen LogP contribution in [0, 0.1) is 6.92 Å². The van der Waals surface area contributed by atoms with Gasteiger partial charge in [0.2, 0.25) is 5.91 Å². The number of nitrogens with zero attached hydrogens (tertiary/aromatic N) is 2. The maximum atomic E-state index is 13.3. The number of amides is 1. The second-order valence-corrected chi connectivity index (χ2v) is 8.45. The number of carbonyl (C=O) groups excluding carboxylic acids is 1. The fourth-order valence-corrected chi connectivity index (χ4v) is 4.30. The maximum absolute atomic E-state index is 13.3. The zero-order valence-corrected chi connectivity index (χ0v) is 18.5. The van der Waals surface area contributed by atoms with Crippen molar-refractivity contribution >= 4 is 50.2 Å². The average molecular weight is 480 g/mol. The summed E-state index contributed by atoms with van der Waals surface area (Å²) in [6, 6.07) is 22.3. The van der Waals surface area contributed by atoms with E-state index in [1.165, 1.54) is 11.8 Å². The number of carbonyl (C=O) groups is 1. The van der Waals surface area contributed by atoms with Crippen LogP contribution in [0.4, 0.5) is 5.69 Å². The first kappa shape index (κ1) is 20.4. The van der Waals surface area contributed by atoms with Gasteiger partial charge in [0.1, 0.15) is 0 Å². The summed E-state index contributed by atoms with van der Waals surface area (Å²) in [5.41, 5.74) is 2.88. The minimum Gasteiger partial charge on any atom is -0.324 e. The van der Waals surface area contributed by atoms with Crippen LogP contribution in [0.3, 0.4) is 0 Å². The van der Waals surface area contributed by atoms with Crippen molar-refractivity contribution in [2.75, 3.05) is 11.1 Å². The lowest BCUT2D eigenvalue weighted by Crippen LogP contribution is -2.23. The highest BCUT2D eigenvalue weighted by molar-refractivity contribution is 9.10. The van der Waals surface area contributed by atoms with Gasteiger partial charge in [-0.25, -0.2) is 4.98 Å². The van der Waals surface area contributed by atoms with Gasteiger partial charge in [0, 0.05) is 4.47 Å². The molecule has 4 aromatic rings. The number of benzene rings is 3. The van der Waals surface area contributed by atoms with E-state index in [0.717, 1.165) is 15.7 Å². The van der Waals surface area contributed by atoms with Gasteiger partial charge in [0.25, 0.3) is 5.56 Å².